The Balaban J connectivity index is 1.53. The zero-order valence-corrected chi connectivity index (χ0v) is 13.0. The predicted octanol–water partition coefficient (Wildman–Crippen LogP) is 3.62. The number of nitrogens with one attached hydrogen (secondary N) is 1. The molecule has 122 valence electrons. The summed E-state index contributed by atoms with van der Waals surface area (Å²) in [6, 6.07) is 5.25. The minimum absolute atomic E-state index is 0.0948. The number of thiazole rings is 1. The molecule has 1 heterocycles. The molecule has 1 aromatic heterocycles. The van der Waals surface area contributed by atoms with Gasteiger partial charge in [0.25, 0.3) is 0 Å². The lowest BCUT2D eigenvalue weighted by molar-refractivity contribution is -0.137. The summed E-state index contributed by atoms with van der Waals surface area (Å²) >= 11 is 1.50. The third kappa shape index (κ3) is 3.90. The number of aromatic nitrogens is 1. The maximum Gasteiger partial charge on any atom is 0.416 e. The summed E-state index contributed by atoms with van der Waals surface area (Å²) in [5.41, 5.74) is 2.59. The topological polar surface area (TPSA) is 42.0 Å². The molecule has 0 saturated heterocycles. The van der Waals surface area contributed by atoms with Gasteiger partial charge >= 0.3 is 6.18 Å². The molecule has 1 N–H and O–H groups in total. The van der Waals surface area contributed by atoms with Crippen LogP contribution >= 0.6 is 11.3 Å². The first-order valence-electron chi connectivity index (χ1n) is 7.27. The van der Waals surface area contributed by atoms with E-state index in [2.05, 4.69) is 10.3 Å². The van der Waals surface area contributed by atoms with Crippen LogP contribution in [0.25, 0.3) is 0 Å². The van der Waals surface area contributed by atoms with Gasteiger partial charge in [-0.15, -0.1) is 11.3 Å². The van der Waals surface area contributed by atoms with Gasteiger partial charge in [0, 0.05) is 24.3 Å². The molecule has 7 heteroatoms. The first kappa shape index (κ1) is 16.0. The van der Waals surface area contributed by atoms with Crippen molar-refractivity contribution < 1.29 is 18.0 Å². The number of nitrogens with zero attached hydrogens (tertiary/aromatic N) is 1. The van der Waals surface area contributed by atoms with E-state index in [4.69, 9.17) is 0 Å². The minimum Gasteiger partial charge on any atom is -0.355 e. The van der Waals surface area contributed by atoms with E-state index in [-0.39, 0.29) is 17.7 Å². The molecular weight excluding hydrogens is 325 g/mol. The highest BCUT2D eigenvalue weighted by Crippen LogP contribution is 2.48. The van der Waals surface area contributed by atoms with Gasteiger partial charge in [-0.1, -0.05) is 18.2 Å². The highest BCUT2D eigenvalue weighted by molar-refractivity contribution is 7.07. The molecule has 2 aromatic rings. The monoisotopic (exact) mass is 340 g/mol. The van der Waals surface area contributed by atoms with Crippen molar-refractivity contribution in [2.24, 2.45) is 5.92 Å². The van der Waals surface area contributed by atoms with Crippen molar-refractivity contribution in [3.05, 3.63) is 52.0 Å². The van der Waals surface area contributed by atoms with Crippen molar-refractivity contribution >= 4 is 17.2 Å². The molecule has 3 rings (SSSR count). The van der Waals surface area contributed by atoms with Crippen molar-refractivity contribution in [2.75, 3.05) is 6.54 Å². The van der Waals surface area contributed by atoms with Crippen LogP contribution in [0.4, 0.5) is 13.2 Å². The Labute approximate surface area is 135 Å². The normalized spacial score (nSPS) is 20.3. The molecule has 0 aliphatic heterocycles. The predicted molar refractivity (Wildman–Crippen MR) is 81.1 cm³/mol. The second-order valence-electron chi connectivity index (χ2n) is 5.59. The van der Waals surface area contributed by atoms with Crippen molar-refractivity contribution in [2.45, 2.75) is 24.9 Å². The largest absolute Gasteiger partial charge is 0.416 e. The number of amides is 1. The van der Waals surface area contributed by atoms with Gasteiger partial charge in [0.05, 0.1) is 16.8 Å². The van der Waals surface area contributed by atoms with Gasteiger partial charge in [0.1, 0.15) is 0 Å². The van der Waals surface area contributed by atoms with Crippen LogP contribution in [0, 0.1) is 5.92 Å². The van der Waals surface area contributed by atoms with Crippen LogP contribution in [0.1, 0.15) is 29.2 Å². The summed E-state index contributed by atoms with van der Waals surface area (Å²) in [5.74, 6) is -0.437. The maximum absolute atomic E-state index is 12.7. The van der Waals surface area contributed by atoms with Crippen LogP contribution in [-0.4, -0.2) is 17.4 Å². The first-order chi connectivity index (χ1) is 10.9. The quantitative estimate of drug-likeness (QED) is 0.903. The molecule has 0 bridgehead atoms. The highest BCUT2D eigenvalue weighted by Gasteiger charge is 2.44. The smallest absolute Gasteiger partial charge is 0.355 e. The van der Waals surface area contributed by atoms with Gasteiger partial charge in [0.15, 0.2) is 0 Å². The average molecular weight is 340 g/mol. The van der Waals surface area contributed by atoms with Crippen LogP contribution < -0.4 is 5.32 Å². The molecule has 0 unspecified atom stereocenters. The summed E-state index contributed by atoms with van der Waals surface area (Å²) in [4.78, 5) is 16.2. The van der Waals surface area contributed by atoms with Crippen LogP contribution in [0.15, 0.2) is 35.2 Å². The molecule has 1 fully saturated rings. The molecule has 1 saturated carbocycles. The summed E-state index contributed by atoms with van der Waals surface area (Å²) in [5, 5.41) is 4.76. The molecule has 0 radical (unpaired) electrons. The summed E-state index contributed by atoms with van der Waals surface area (Å²) < 4.78 is 38.2. The molecule has 2 atom stereocenters. The first-order valence-corrected chi connectivity index (χ1v) is 8.21. The van der Waals surface area contributed by atoms with Gasteiger partial charge < -0.3 is 5.32 Å². The van der Waals surface area contributed by atoms with Crippen molar-refractivity contribution in [3.63, 3.8) is 0 Å². The Kier molecular flexibility index (Phi) is 4.39. The minimum atomic E-state index is -4.35. The number of benzene rings is 1. The lowest BCUT2D eigenvalue weighted by atomic mass is 10.1. The molecule has 1 aliphatic rings. The van der Waals surface area contributed by atoms with Gasteiger partial charge in [-0.05, 0) is 24.0 Å². The fourth-order valence-corrected chi connectivity index (χ4v) is 3.20. The van der Waals surface area contributed by atoms with E-state index in [1.54, 1.807) is 11.6 Å². The van der Waals surface area contributed by atoms with E-state index in [1.807, 2.05) is 5.38 Å². The van der Waals surface area contributed by atoms with E-state index >= 15 is 0 Å². The number of carbonyl (C=O) groups is 1. The SMILES string of the molecule is O=C(NCCc1cscn1)[C@H]1C[C@@H]1c1cccc(C(F)(F)F)c1. The van der Waals surface area contributed by atoms with E-state index in [1.165, 1.54) is 17.4 Å². The average Bonchev–Trinajstić information content (AvgIpc) is 3.16. The standard InChI is InChI=1S/C16H15F3N2OS/c17-16(18,19)11-3-1-2-10(6-11)13-7-14(13)15(22)20-5-4-12-8-23-9-21-12/h1-3,6,8-9,13-14H,4-5,7H2,(H,20,22)/t13-,14+/m1/s1. The lowest BCUT2D eigenvalue weighted by Crippen LogP contribution is -2.27. The number of hydrogen-bond donors (Lipinski definition) is 1. The Morgan fingerprint density at radius 2 is 2.22 bits per heavy atom. The van der Waals surface area contributed by atoms with E-state index in [0.717, 1.165) is 17.8 Å². The molecule has 23 heavy (non-hydrogen) atoms. The third-order valence-electron chi connectivity index (χ3n) is 3.93. The van der Waals surface area contributed by atoms with Crippen LogP contribution in [0.5, 0.6) is 0 Å². The number of hydrogen-bond acceptors (Lipinski definition) is 3. The van der Waals surface area contributed by atoms with Crippen molar-refractivity contribution in [1.29, 1.82) is 0 Å². The molecular formula is C16H15F3N2OS. The number of rotatable bonds is 5. The molecule has 3 nitrogen and oxygen atoms in total. The lowest BCUT2D eigenvalue weighted by Gasteiger charge is -2.08. The van der Waals surface area contributed by atoms with Crippen molar-refractivity contribution in [1.82, 2.24) is 10.3 Å². The van der Waals surface area contributed by atoms with E-state index < -0.39 is 11.7 Å². The molecule has 0 spiro atoms. The highest BCUT2D eigenvalue weighted by atomic mass is 32.1. The van der Waals surface area contributed by atoms with Crippen molar-refractivity contribution in [3.8, 4) is 0 Å². The number of halogens is 3. The molecule has 1 aromatic carbocycles. The zero-order valence-electron chi connectivity index (χ0n) is 12.1. The van der Waals surface area contributed by atoms with Crippen LogP contribution in [0.3, 0.4) is 0 Å². The van der Waals surface area contributed by atoms with E-state index in [0.29, 0.717) is 24.9 Å². The van der Waals surface area contributed by atoms with Gasteiger partial charge in [0.2, 0.25) is 5.91 Å². The van der Waals surface area contributed by atoms with Gasteiger partial charge in [-0.2, -0.15) is 13.2 Å². The van der Waals surface area contributed by atoms with Crippen LogP contribution in [-0.2, 0) is 17.4 Å². The number of alkyl halides is 3. The summed E-state index contributed by atoms with van der Waals surface area (Å²) in [7, 11) is 0. The van der Waals surface area contributed by atoms with Crippen LogP contribution in [0.2, 0.25) is 0 Å². The zero-order chi connectivity index (χ0) is 16.4. The fraction of sp³-hybridized carbons (Fsp3) is 0.375. The van der Waals surface area contributed by atoms with E-state index in [9.17, 15) is 18.0 Å². The molecule has 1 aliphatic carbocycles. The Bertz CT molecular complexity index is 685. The maximum atomic E-state index is 12.7. The Morgan fingerprint density at radius 1 is 1.39 bits per heavy atom. The molecule has 1 amide bonds. The third-order valence-corrected chi connectivity index (χ3v) is 4.57. The van der Waals surface area contributed by atoms with Gasteiger partial charge in [-0.25, -0.2) is 4.98 Å². The Hall–Kier alpha value is -1.89. The van der Waals surface area contributed by atoms with Gasteiger partial charge in [-0.3, -0.25) is 4.79 Å². The summed E-state index contributed by atoms with van der Waals surface area (Å²) in [6.45, 7) is 0.494. The Morgan fingerprint density at radius 3 is 2.91 bits per heavy atom. The second-order valence-corrected chi connectivity index (χ2v) is 6.31. The fourth-order valence-electron chi connectivity index (χ4n) is 2.60. The summed E-state index contributed by atoms with van der Waals surface area (Å²) in [6.07, 6.45) is -3.09. The second kappa shape index (κ2) is 6.31. The number of carbonyl (C=O) groups excluding carboxylic acids is 1.